The van der Waals surface area contributed by atoms with E-state index in [1.165, 1.54) is 6.26 Å². The van der Waals surface area contributed by atoms with Crippen LogP contribution in [0.15, 0.2) is 34.9 Å². The lowest BCUT2D eigenvalue weighted by atomic mass is 10.2. The van der Waals surface area contributed by atoms with Crippen molar-refractivity contribution >= 4 is 35.0 Å². The third-order valence-electron chi connectivity index (χ3n) is 5.07. The predicted molar refractivity (Wildman–Crippen MR) is 124 cm³/mol. The van der Waals surface area contributed by atoms with Crippen LogP contribution < -0.4 is 10.6 Å². The second-order valence-corrected chi connectivity index (χ2v) is 9.02. The van der Waals surface area contributed by atoms with Gasteiger partial charge in [0, 0.05) is 45.1 Å². The molecular weight excluding hydrogens is 453 g/mol. The van der Waals surface area contributed by atoms with E-state index in [1.54, 1.807) is 12.1 Å². The second kappa shape index (κ2) is 11.7. The summed E-state index contributed by atoms with van der Waals surface area (Å²) >= 11 is 12.1. The standard InChI is InChI=1S/C23H29Cl2N3O4/c1-15(2)27-23(30)17-10-18(32-14-17)4-6-22(29)26-11-19-13-28(7-8-31-19)12-16-3-5-20(24)21(25)9-16/h3,5,9-10,14-15,19H,4,6-8,11-13H2,1-2H3,(H,26,29)(H,27,30)/t19-/m0/s1. The third-order valence-corrected chi connectivity index (χ3v) is 5.81. The second-order valence-electron chi connectivity index (χ2n) is 8.21. The molecule has 32 heavy (non-hydrogen) atoms. The summed E-state index contributed by atoms with van der Waals surface area (Å²) in [6.07, 6.45) is 2.04. The minimum Gasteiger partial charge on any atom is -0.468 e. The highest BCUT2D eigenvalue weighted by Crippen LogP contribution is 2.23. The SMILES string of the molecule is CC(C)NC(=O)c1coc(CCC(=O)NC[C@H]2CN(Cc3ccc(Cl)c(Cl)c3)CCO2)c1. The lowest BCUT2D eigenvalue weighted by Crippen LogP contribution is -2.47. The fourth-order valence-corrected chi connectivity index (χ4v) is 3.79. The van der Waals surface area contributed by atoms with Gasteiger partial charge in [-0.15, -0.1) is 0 Å². The van der Waals surface area contributed by atoms with Crippen molar-refractivity contribution in [2.75, 3.05) is 26.2 Å². The number of rotatable bonds is 9. The summed E-state index contributed by atoms with van der Waals surface area (Å²) in [5.74, 6) is 0.342. The van der Waals surface area contributed by atoms with E-state index >= 15 is 0 Å². The number of benzene rings is 1. The number of aryl methyl sites for hydroxylation is 1. The van der Waals surface area contributed by atoms with Gasteiger partial charge in [0.05, 0.1) is 28.3 Å². The largest absolute Gasteiger partial charge is 0.468 e. The van der Waals surface area contributed by atoms with Crippen LogP contribution in [0.1, 0.15) is 41.9 Å². The van der Waals surface area contributed by atoms with Crippen LogP contribution in [-0.4, -0.2) is 55.1 Å². The summed E-state index contributed by atoms with van der Waals surface area (Å²) in [6, 6.07) is 7.37. The highest BCUT2D eigenvalue weighted by atomic mass is 35.5. The van der Waals surface area contributed by atoms with Crippen LogP contribution in [-0.2, 0) is 22.5 Å². The molecule has 0 saturated carbocycles. The zero-order chi connectivity index (χ0) is 23.1. The molecular formula is C23H29Cl2N3O4. The molecule has 1 aliphatic rings. The molecule has 2 N–H and O–H groups in total. The van der Waals surface area contributed by atoms with Gasteiger partial charge in [-0.25, -0.2) is 0 Å². The number of hydrogen-bond acceptors (Lipinski definition) is 5. The highest BCUT2D eigenvalue weighted by molar-refractivity contribution is 6.42. The molecule has 0 spiro atoms. The quantitative estimate of drug-likeness (QED) is 0.570. The van der Waals surface area contributed by atoms with Crippen LogP contribution in [0.4, 0.5) is 0 Å². The number of carbonyl (C=O) groups is 2. The average Bonchev–Trinajstić information content (AvgIpc) is 3.23. The molecule has 0 aliphatic carbocycles. The summed E-state index contributed by atoms with van der Waals surface area (Å²) in [5.41, 5.74) is 1.55. The fraction of sp³-hybridized carbons (Fsp3) is 0.478. The normalized spacial score (nSPS) is 16.8. The van der Waals surface area contributed by atoms with E-state index < -0.39 is 0 Å². The maximum absolute atomic E-state index is 12.3. The minimum absolute atomic E-state index is 0.0496. The molecule has 2 amide bonds. The van der Waals surface area contributed by atoms with Crippen molar-refractivity contribution in [2.24, 2.45) is 0 Å². The Balaban J connectivity index is 1.39. The topological polar surface area (TPSA) is 83.8 Å². The maximum atomic E-state index is 12.3. The Bertz CT molecular complexity index is 932. The summed E-state index contributed by atoms with van der Waals surface area (Å²) < 4.78 is 11.2. The molecule has 2 aromatic rings. The number of hydrogen-bond donors (Lipinski definition) is 2. The van der Waals surface area contributed by atoms with E-state index in [4.69, 9.17) is 32.4 Å². The van der Waals surface area contributed by atoms with Gasteiger partial charge in [0.15, 0.2) is 0 Å². The lowest BCUT2D eigenvalue weighted by molar-refractivity contribution is -0.122. The first kappa shape index (κ1) is 24.6. The van der Waals surface area contributed by atoms with Crippen LogP contribution in [0.3, 0.4) is 0 Å². The fourth-order valence-electron chi connectivity index (χ4n) is 3.47. The number of nitrogens with zero attached hydrogens (tertiary/aromatic N) is 1. The zero-order valence-corrected chi connectivity index (χ0v) is 19.8. The summed E-state index contributed by atoms with van der Waals surface area (Å²) in [7, 11) is 0. The van der Waals surface area contributed by atoms with E-state index in [1.807, 2.05) is 26.0 Å². The Kier molecular flexibility index (Phi) is 8.99. The first-order valence-electron chi connectivity index (χ1n) is 10.7. The van der Waals surface area contributed by atoms with Gasteiger partial charge < -0.3 is 19.8 Å². The van der Waals surface area contributed by atoms with Gasteiger partial charge in [-0.1, -0.05) is 29.3 Å². The summed E-state index contributed by atoms with van der Waals surface area (Å²) in [4.78, 5) is 26.5. The van der Waals surface area contributed by atoms with Gasteiger partial charge in [-0.05, 0) is 37.6 Å². The molecule has 1 aliphatic heterocycles. The lowest BCUT2D eigenvalue weighted by Gasteiger charge is -2.33. The zero-order valence-electron chi connectivity index (χ0n) is 18.3. The monoisotopic (exact) mass is 481 g/mol. The van der Waals surface area contributed by atoms with Gasteiger partial charge in [0.1, 0.15) is 12.0 Å². The number of amides is 2. The predicted octanol–water partition coefficient (Wildman–Crippen LogP) is 3.67. The number of furan rings is 1. The van der Waals surface area contributed by atoms with Gasteiger partial charge in [0.25, 0.3) is 5.91 Å². The van der Waals surface area contributed by atoms with Crippen molar-refractivity contribution in [1.82, 2.24) is 15.5 Å². The van der Waals surface area contributed by atoms with Crippen LogP contribution >= 0.6 is 23.2 Å². The van der Waals surface area contributed by atoms with Crippen molar-refractivity contribution in [3.8, 4) is 0 Å². The van der Waals surface area contributed by atoms with Crippen molar-refractivity contribution in [1.29, 1.82) is 0 Å². The molecule has 0 bridgehead atoms. The Morgan fingerprint density at radius 1 is 1.22 bits per heavy atom. The first-order valence-corrected chi connectivity index (χ1v) is 11.5. The summed E-state index contributed by atoms with van der Waals surface area (Å²) in [5, 5.41) is 6.83. The van der Waals surface area contributed by atoms with E-state index in [-0.39, 0.29) is 30.4 Å². The van der Waals surface area contributed by atoms with Crippen LogP contribution in [0.25, 0.3) is 0 Å². The number of nitrogens with one attached hydrogen (secondary N) is 2. The molecule has 1 saturated heterocycles. The molecule has 2 heterocycles. The molecule has 3 rings (SSSR count). The highest BCUT2D eigenvalue weighted by Gasteiger charge is 2.21. The molecule has 0 unspecified atom stereocenters. The van der Waals surface area contributed by atoms with E-state index in [9.17, 15) is 9.59 Å². The van der Waals surface area contributed by atoms with Crippen molar-refractivity contribution < 1.29 is 18.7 Å². The molecule has 7 nitrogen and oxygen atoms in total. The van der Waals surface area contributed by atoms with Gasteiger partial charge in [0.2, 0.25) is 5.91 Å². The van der Waals surface area contributed by atoms with E-state index in [0.717, 1.165) is 18.7 Å². The molecule has 1 aromatic carbocycles. The van der Waals surface area contributed by atoms with Crippen LogP contribution in [0.2, 0.25) is 10.0 Å². The Morgan fingerprint density at radius 3 is 2.78 bits per heavy atom. The number of carbonyl (C=O) groups excluding carboxylic acids is 2. The maximum Gasteiger partial charge on any atom is 0.254 e. The smallest absolute Gasteiger partial charge is 0.254 e. The van der Waals surface area contributed by atoms with Crippen molar-refractivity contribution in [2.45, 2.75) is 45.4 Å². The number of morpholine rings is 1. The number of halogens is 2. The molecule has 1 atom stereocenters. The summed E-state index contributed by atoms with van der Waals surface area (Å²) in [6.45, 7) is 7.11. The van der Waals surface area contributed by atoms with Crippen molar-refractivity contribution in [3.63, 3.8) is 0 Å². The van der Waals surface area contributed by atoms with E-state index in [0.29, 0.717) is 47.5 Å². The Labute approximate surface area is 198 Å². The first-order chi connectivity index (χ1) is 15.3. The Morgan fingerprint density at radius 2 is 2.03 bits per heavy atom. The molecule has 9 heteroatoms. The third kappa shape index (κ3) is 7.52. The van der Waals surface area contributed by atoms with Gasteiger partial charge in [-0.2, -0.15) is 0 Å². The molecule has 174 valence electrons. The Hall–Kier alpha value is -2.06. The van der Waals surface area contributed by atoms with Crippen molar-refractivity contribution in [3.05, 3.63) is 57.5 Å². The van der Waals surface area contributed by atoms with Gasteiger partial charge in [-0.3, -0.25) is 14.5 Å². The molecule has 1 fully saturated rings. The van der Waals surface area contributed by atoms with E-state index in [2.05, 4.69) is 15.5 Å². The number of ether oxygens (including phenoxy) is 1. The van der Waals surface area contributed by atoms with Gasteiger partial charge >= 0.3 is 0 Å². The van der Waals surface area contributed by atoms with Crippen LogP contribution in [0, 0.1) is 0 Å². The van der Waals surface area contributed by atoms with Crippen LogP contribution in [0.5, 0.6) is 0 Å². The average molecular weight is 482 g/mol. The molecule has 1 aromatic heterocycles. The molecule has 0 radical (unpaired) electrons. The minimum atomic E-state index is -0.181.